The Kier molecular flexibility index (Phi) is 6.31. The largest absolute Gasteiger partial charge is 0.374 e. The van der Waals surface area contributed by atoms with Crippen LogP contribution in [-0.4, -0.2) is 23.0 Å². The number of aromatic nitrogens is 1. The third-order valence-electron chi connectivity index (χ3n) is 6.10. The highest BCUT2D eigenvalue weighted by Crippen LogP contribution is 2.32. The van der Waals surface area contributed by atoms with E-state index in [1.54, 1.807) is 0 Å². The van der Waals surface area contributed by atoms with Crippen molar-refractivity contribution in [1.82, 2.24) is 9.88 Å². The minimum absolute atomic E-state index is 0.0455. The number of hydrogen-bond acceptors (Lipinski definition) is 3. The lowest BCUT2D eigenvalue weighted by Crippen LogP contribution is -2.18. The van der Waals surface area contributed by atoms with Crippen LogP contribution in [0, 0.1) is 0 Å². The summed E-state index contributed by atoms with van der Waals surface area (Å²) >= 11 is 12.5. The van der Waals surface area contributed by atoms with Crippen molar-refractivity contribution < 1.29 is 0 Å². The zero-order valence-electron chi connectivity index (χ0n) is 17.8. The van der Waals surface area contributed by atoms with E-state index in [1.807, 2.05) is 48.7 Å². The summed E-state index contributed by atoms with van der Waals surface area (Å²) in [5, 5.41) is 6.19. The summed E-state index contributed by atoms with van der Waals surface area (Å²) in [6, 6.07) is 24.8. The Bertz CT molecular complexity index is 1220. The summed E-state index contributed by atoms with van der Waals surface area (Å²) in [6.45, 7) is 3.42. The standard InChI is InChI=1S/C27H25Cl2N3/c28-22-5-3-4-21(16-22)27(20-8-6-19(7-9-20)18-32-14-1-2-15-32)31-25-12-13-30-26-17-23(29)10-11-24(25)26/h3-13,16-17,27H,1-2,14-15,18H2,(H,30,31). The van der Waals surface area contributed by atoms with Crippen LogP contribution in [0.2, 0.25) is 10.0 Å². The van der Waals surface area contributed by atoms with Crippen molar-refractivity contribution in [2.75, 3.05) is 18.4 Å². The Balaban J connectivity index is 1.49. The van der Waals surface area contributed by atoms with Crippen LogP contribution >= 0.6 is 23.2 Å². The van der Waals surface area contributed by atoms with Gasteiger partial charge in [-0.1, -0.05) is 59.6 Å². The second-order valence-corrected chi connectivity index (χ2v) is 9.25. The number of hydrogen-bond donors (Lipinski definition) is 1. The summed E-state index contributed by atoms with van der Waals surface area (Å²) in [7, 11) is 0. The fourth-order valence-electron chi connectivity index (χ4n) is 4.46. The highest BCUT2D eigenvalue weighted by molar-refractivity contribution is 6.31. The molecule has 162 valence electrons. The number of halogens is 2. The molecule has 1 saturated heterocycles. The van der Waals surface area contributed by atoms with E-state index in [-0.39, 0.29) is 6.04 Å². The van der Waals surface area contributed by atoms with E-state index in [4.69, 9.17) is 23.2 Å². The van der Waals surface area contributed by atoms with Crippen LogP contribution in [0.4, 0.5) is 5.69 Å². The van der Waals surface area contributed by atoms with Crippen LogP contribution in [-0.2, 0) is 6.54 Å². The molecule has 0 amide bonds. The van der Waals surface area contributed by atoms with Gasteiger partial charge in [-0.15, -0.1) is 0 Å². The molecule has 3 aromatic carbocycles. The van der Waals surface area contributed by atoms with E-state index in [0.29, 0.717) is 5.02 Å². The van der Waals surface area contributed by atoms with E-state index >= 15 is 0 Å². The second kappa shape index (κ2) is 9.50. The third-order valence-corrected chi connectivity index (χ3v) is 6.57. The molecule has 1 aliphatic heterocycles. The summed E-state index contributed by atoms with van der Waals surface area (Å²) in [5.74, 6) is 0. The predicted octanol–water partition coefficient (Wildman–Crippen LogP) is 7.34. The maximum atomic E-state index is 6.35. The van der Waals surface area contributed by atoms with Gasteiger partial charge in [0, 0.05) is 33.9 Å². The Morgan fingerprint density at radius 1 is 0.844 bits per heavy atom. The number of benzene rings is 3. The average Bonchev–Trinajstić information content (AvgIpc) is 3.31. The molecule has 32 heavy (non-hydrogen) atoms. The first kappa shape index (κ1) is 21.3. The Morgan fingerprint density at radius 3 is 2.41 bits per heavy atom. The number of nitrogens with one attached hydrogen (secondary N) is 1. The molecule has 1 N–H and O–H groups in total. The number of likely N-dealkylation sites (tertiary alicyclic amines) is 1. The molecule has 2 heterocycles. The van der Waals surface area contributed by atoms with Gasteiger partial charge in [0.25, 0.3) is 0 Å². The lowest BCUT2D eigenvalue weighted by molar-refractivity contribution is 0.331. The van der Waals surface area contributed by atoms with Gasteiger partial charge in [-0.05, 0) is 79.0 Å². The van der Waals surface area contributed by atoms with Crippen molar-refractivity contribution in [1.29, 1.82) is 0 Å². The smallest absolute Gasteiger partial charge is 0.0768 e. The first-order valence-corrected chi connectivity index (χ1v) is 11.8. The van der Waals surface area contributed by atoms with Crippen molar-refractivity contribution in [3.05, 3.63) is 106 Å². The molecule has 1 atom stereocenters. The Morgan fingerprint density at radius 2 is 1.62 bits per heavy atom. The van der Waals surface area contributed by atoms with E-state index in [1.165, 1.54) is 37.1 Å². The summed E-state index contributed by atoms with van der Waals surface area (Å²) in [6.07, 6.45) is 4.43. The molecule has 1 unspecified atom stereocenters. The molecule has 5 heteroatoms. The minimum Gasteiger partial charge on any atom is -0.374 e. The number of rotatable bonds is 6. The first-order valence-electron chi connectivity index (χ1n) is 11.0. The van der Waals surface area contributed by atoms with Gasteiger partial charge in [0.05, 0.1) is 11.6 Å². The van der Waals surface area contributed by atoms with Crippen LogP contribution in [0.1, 0.15) is 35.6 Å². The van der Waals surface area contributed by atoms with E-state index in [9.17, 15) is 0 Å². The number of pyridine rings is 1. The van der Waals surface area contributed by atoms with Crippen molar-refractivity contribution in [2.24, 2.45) is 0 Å². The van der Waals surface area contributed by atoms with Gasteiger partial charge >= 0.3 is 0 Å². The van der Waals surface area contributed by atoms with Gasteiger partial charge in [0.1, 0.15) is 0 Å². The molecule has 0 radical (unpaired) electrons. The van der Waals surface area contributed by atoms with Crippen LogP contribution in [0.15, 0.2) is 79.0 Å². The van der Waals surface area contributed by atoms with Crippen LogP contribution in [0.5, 0.6) is 0 Å². The quantitative estimate of drug-likeness (QED) is 0.325. The van der Waals surface area contributed by atoms with Gasteiger partial charge in [-0.25, -0.2) is 0 Å². The zero-order chi connectivity index (χ0) is 21.9. The summed E-state index contributed by atoms with van der Waals surface area (Å²) < 4.78 is 0. The lowest BCUT2D eigenvalue weighted by atomic mass is 9.97. The molecule has 1 aliphatic rings. The van der Waals surface area contributed by atoms with Crippen LogP contribution in [0.3, 0.4) is 0 Å². The molecule has 0 spiro atoms. The second-order valence-electron chi connectivity index (χ2n) is 8.38. The SMILES string of the molecule is Clc1cccc(C(Nc2ccnc3cc(Cl)ccc23)c2ccc(CN3CCCC3)cc2)c1. The van der Waals surface area contributed by atoms with E-state index in [0.717, 1.165) is 33.7 Å². The maximum Gasteiger partial charge on any atom is 0.0768 e. The average molecular weight is 462 g/mol. The number of anilines is 1. The molecule has 0 aliphatic carbocycles. The zero-order valence-corrected chi connectivity index (χ0v) is 19.3. The third kappa shape index (κ3) is 4.75. The number of fused-ring (bicyclic) bond motifs is 1. The first-order chi connectivity index (χ1) is 15.7. The summed E-state index contributed by atoms with van der Waals surface area (Å²) in [5.41, 5.74) is 5.54. The monoisotopic (exact) mass is 461 g/mol. The molecule has 1 fully saturated rings. The van der Waals surface area contributed by atoms with Gasteiger partial charge in [0.15, 0.2) is 0 Å². The number of nitrogens with zero attached hydrogens (tertiary/aromatic N) is 2. The van der Waals surface area contributed by atoms with Crippen LogP contribution in [0.25, 0.3) is 10.9 Å². The molecular weight excluding hydrogens is 437 g/mol. The lowest BCUT2D eigenvalue weighted by Gasteiger charge is -2.23. The molecule has 3 nitrogen and oxygen atoms in total. The van der Waals surface area contributed by atoms with Gasteiger partial charge in [-0.3, -0.25) is 9.88 Å². The van der Waals surface area contributed by atoms with Crippen LogP contribution < -0.4 is 5.32 Å². The fourth-order valence-corrected chi connectivity index (χ4v) is 4.83. The molecule has 5 rings (SSSR count). The highest BCUT2D eigenvalue weighted by Gasteiger charge is 2.17. The molecule has 0 saturated carbocycles. The Labute approximate surface area is 199 Å². The topological polar surface area (TPSA) is 28.2 Å². The molecular formula is C27H25Cl2N3. The van der Waals surface area contributed by atoms with Gasteiger partial charge < -0.3 is 5.32 Å². The van der Waals surface area contributed by atoms with E-state index < -0.39 is 0 Å². The normalized spacial score (nSPS) is 15.2. The Hall–Kier alpha value is -2.59. The van der Waals surface area contributed by atoms with Crippen molar-refractivity contribution >= 4 is 39.8 Å². The summed E-state index contributed by atoms with van der Waals surface area (Å²) in [4.78, 5) is 7.00. The molecule has 0 bridgehead atoms. The molecule has 1 aromatic heterocycles. The molecule has 4 aromatic rings. The van der Waals surface area contributed by atoms with E-state index in [2.05, 4.69) is 45.5 Å². The fraction of sp³-hybridized carbons (Fsp3) is 0.222. The van der Waals surface area contributed by atoms with Crippen molar-refractivity contribution in [2.45, 2.75) is 25.4 Å². The van der Waals surface area contributed by atoms with Gasteiger partial charge in [-0.2, -0.15) is 0 Å². The van der Waals surface area contributed by atoms with Crippen molar-refractivity contribution in [3.8, 4) is 0 Å². The van der Waals surface area contributed by atoms with Crippen molar-refractivity contribution in [3.63, 3.8) is 0 Å². The highest BCUT2D eigenvalue weighted by atomic mass is 35.5. The minimum atomic E-state index is -0.0455. The predicted molar refractivity (Wildman–Crippen MR) is 135 cm³/mol. The van der Waals surface area contributed by atoms with Gasteiger partial charge in [0.2, 0.25) is 0 Å². The maximum absolute atomic E-state index is 6.35.